The van der Waals surface area contributed by atoms with Crippen molar-refractivity contribution in [3.8, 4) is 11.1 Å². The van der Waals surface area contributed by atoms with Gasteiger partial charge in [0.05, 0.1) is 13.2 Å². The normalized spacial score (nSPS) is 13.5. The van der Waals surface area contributed by atoms with E-state index in [0.29, 0.717) is 19.8 Å². The van der Waals surface area contributed by atoms with Crippen LogP contribution in [0.5, 0.6) is 0 Å². The standard InChI is InChI=1S/C17H18FNO/c1-2-19-9-14-8-16(18)5-6-17(14)12-3-4-13-10-20-11-15(13)7-12/h3-8,19H,2,9-11H2,1H3. The van der Waals surface area contributed by atoms with E-state index in [1.54, 1.807) is 6.07 Å². The molecule has 3 heteroatoms. The van der Waals surface area contributed by atoms with Gasteiger partial charge in [0.25, 0.3) is 0 Å². The lowest BCUT2D eigenvalue weighted by Crippen LogP contribution is -2.12. The van der Waals surface area contributed by atoms with Gasteiger partial charge in [0, 0.05) is 6.54 Å². The summed E-state index contributed by atoms with van der Waals surface area (Å²) in [5.74, 6) is -0.189. The number of hydrogen-bond acceptors (Lipinski definition) is 2. The minimum Gasteiger partial charge on any atom is -0.372 e. The fourth-order valence-corrected chi connectivity index (χ4v) is 2.59. The molecular weight excluding hydrogens is 253 g/mol. The molecule has 104 valence electrons. The Hall–Kier alpha value is -1.71. The van der Waals surface area contributed by atoms with Gasteiger partial charge in [-0.1, -0.05) is 25.1 Å². The molecule has 0 spiro atoms. The molecule has 1 N–H and O–H groups in total. The fourth-order valence-electron chi connectivity index (χ4n) is 2.59. The van der Waals surface area contributed by atoms with Crippen LogP contribution < -0.4 is 5.32 Å². The Bertz CT molecular complexity index is 624. The van der Waals surface area contributed by atoms with Gasteiger partial charge in [-0.15, -0.1) is 0 Å². The first-order chi connectivity index (χ1) is 9.78. The maximum atomic E-state index is 13.5. The van der Waals surface area contributed by atoms with Crippen molar-refractivity contribution in [2.75, 3.05) is 6.54 Å². The SMILES string of the molecule is CCNCc1cc(F)ccc1-c1ccc2c(c1)COC2. The van der Waals surface area contributed by atoms with Gasteiger partial charge in [-0.2, -0.15) is 0 Å². The average molecular weight is 271 g/mol. The van der Waals surface area contributed by atoms with E-state index >= 15 is 0 Å². The van der Waals surface area contributed by atoms with E-state index in [0.717, 1.165) is 23.2 Å². The zero-order valence-corrected chi connectivity index (χ0v) is 11.6. The van der Waals surface area contributed by atoms with Crippen LogP contribution in [0.4, 0.5) is 4.39 Å². The molecule has 3 rings (SSSR count). The van der Waals surface area contributed by atoms with Gasteiger partial charge in [0.1, 0.15) is 5.82 Å². The molecule has 2 aromatic rings. The van der Waals surface area contributed by atoms with Crippen LogP contribution in [0.2, 0.25) is 0 Å². The summed E-state index contributed by atoms with van der Waals surface area (Å²) in [4.78, 5) is 0. The minimum absolute atomic E-state index is 0.189. The maximum Gasteiger partial charge on any atom is 0.123 e. The first-order valence-corrected chi connectivity index (χ1v) is 6.97. The monoisotopic (exact) mass is 271 g/mol. The van der Waals surface area contributed by atoms with Crippen LogP contribution in [0.3, 0.4) is 0 Å². The zero-order valence-electron chi connectivity index (χ0n) is 11.6. The summed E-state index contributed by atoms with van der Waals surface area (Å²) >= 11 is 0. The second kappa shape index (κ2) is 5.73. The molecule has 1 aliphatic heterocycles. The molecule has 0 unspecified atom stereocenters. The third-order valence-corrected chi connectivity index (χ3v) is 3.67. The van der Waals surface area contributed by atoms with Crippen molar-refractivity contribution in [1.29, 1.82) is 0 Å². The molecule has 1 heterocycles. The number of nitrogens with one attached hydrogen (secondary N) is 1. The van der Waals surface area contributed by atoms with Gasteiger partial charge in [-0.05, 0) is 52.6 Å². The maximum absolute atomic E-state index is 13.5. The molecule has 0 aromatic heterocycles. The average Bonchev–Trinajstić information content (AvgIpc) is 2.92. The Morgan fingerprint density at radius 3 is 2.80 bits per heavy atom. The quantitative estimate of drug-likeness (QED) is 0.916. The summed E-state index contributed by atoms with van der Waals surface area (Å²) < 4.78 is 18.9. The first-order valence-electron chi connectivity index (χ1n) is 6.97. The van der Waals surface area contributed by atoms with Crippen molar-refractivity contribution < 1.29 is 9.13 Å². The van der Waals surface area contributed by atoms with Crippen molar-refractivity contribution >= 4 is 0 Å². The number of benzene rings is 2. The smallest absolute Gasteiger partial charge is 0.123 e. The van der Waals surface area contributed by atoms with Crippen LogP contribution in [0, 0.1) is 5.82 Å². The van der Waals surface area contributed by atoms with Crippen LogP contribution in [0.15, 0.2) is 36.4 Å². The summed E-state index contributed by atoms with van der Waals surface area (Å²) in [5.41, 5.74) is 5.69. The Morgan fingerprint density at radius 1 is 1.10 bits per heavy atom. The number of hydrogen-bond donors (Lipinski definition) is 1. The summed E-state index contributed by atoms with van der Waals surface area (Å²) in [5, 5.41) is 3.26. The molecule has 0 fully saturated rings. The third kappa shape index (κ3) is 2.60. The van der Waals surface area contributed by atoms with E-state index in [2.05, 4.69) is 23.5 Å². The van der Waals surface area contributed by atoms with Crippen molar-refractivity contribution in [2.24, 2.45) is 0 Å². The van der Waals surface area contributed by atoms with E-state index in [4.69, 9.17) is 4.74 Å². The molecular formula is C17H18FNO. The Morgan fingerprint density at radius 2 is 1.95 bits per heavy atom. The lowest BCUT2D eigenvalue weighted by molar-refractivity contribution is 0.134. The number of fused-ring (bicyclic) bond motifs is 1. The second-order valence-electron chi connectivity index (χ2n) is 5.06. The largest absolute Gasteiger partial charge is 0.372 e. The van der Waals surface area contributed by atoms with E-state index in [9.17, 15) is 4.39 Å². The molecule has 0 radical (unpaired) electrons. The molecule has 0 aliphatic carbocycles. The topological polar surface area (TPSA) is 21.3 Å². The Kier molecular flexibility index (Phi) is 3.81. The first kappa shape index (κ1) is 13.3. The molecule has 0 saturated carbocycles. The highest BCUT2D eigenvalue weighted by molar-refractivity contribution is 5.68. The molecule has 20 heavy (non-hydrogen) atoms. The summed E-state index contributed by atoms with van der Waals surface area (Å²) in [6.45, 7) is 4.97. The summed E-state index contributed by atoms with van der Waals surface area (Å²) in [6.07, 6.45) is 0. The summed E-state index contributed by atoms with van der Waals surface area (Å²) in [7, 11) is 0. The van der Waals surface area contributed by atoms with Crippen LogP contribution >= 0.6 is 0 Å². The van der Waals surface area contributed by atoms with Crippen LogP contribution in [0.1, 0.15) is 23.6 Å². The van der Waals surface area contributed by atoms with E-state index in [1.165, 1.54) is 17.2 Å². The molecule has 2 aromatic carbocycles. The van der Waals surface area contributed by atoms with E-state index in [1.807, 2.05) is 13.0 Å². The molecule has 1 aliphatic rings. The third-order valence-electron chi connectivity index (χ3n) is 3.67. The molecule has 0 saturated heterocycles. The van der Waals surface area contributed by atoms with Crippen molar-refractivity contribution in [3.63, 3.8) is 0 Å². The van der Waals surface area contributed by atoms with Crippen LogP contribution in [0.25, 0.3) is 11.1 Å². The van der Waals surface area contributed by atoms with E-state index < -0.39 is 0 Å². The predicted molar refractivity (Wildman–Crippen MR) is 77.7 cm³/mol. The van der Waals surface area contributed by atoms with Crippen LogP contribution in [-0.2, 0) is 24.5 Å². The highest BCUT2D eigenvalue weighted by Crippen LogP contribution is 2.29. The Balaban J connectivity index is 2.00. The number of halogens is 1. The zero-order chi connectivity index (χ0) is 13.9. The van der Waals surface area contributed by atoms with Crippen molar-refractivity contribution in [2.45, 2.75) is 26.7 Å². The van der Waals surface area contributed by atoms with Crippen molar-refractivity contribution in [1.82, 2.24) is 5.32 Å². The van der Waals surface area contributed by atoms with Crippen LogP contribution in [-0.4, -0.2) is 6.54 Å². The number of ether oxygens (including phenoxy) is 1. The van der Waals surface area contributed by atoms with Gasteiger partial charge in [0.15, 0.2) is 0 Å². The minimum atomic E-state index is -0.189. The highest BCUT2D eigenvalue weighted by atomic mass is 19.1. The molecule has 0 bridgehead atoms. The predicted octanol–water partition coefficient (Wildman–Crippen LogP) is 3.63. The second-order valence-corrected chi connectivity index (χ2v) is 5.06. The molecule has 2 nitrogen and oxygen atoms in total. The highest BCUT2D eigenvalue weighted by Gasteiger charge is 2.13. The van der Waals surface area contributed by atoms with Gasteiger partial charge >= 0.3 is 0 Å². The van der Waals surface area contributed by atoms with Gasteiger partial charge < -0.3 is 10.1 Å². The van der Waals surface area contributed by atoms with Gasteiger partial charge in [-0.25, -0.2) is 4.39 Å². The number of rotatable bonds is 4. The summed E-state index contributed by atoms with van der Waals surface area (Å²) in [6, 6.07) is 11.4. The van der Waals surface area contributed by atoms with Crippen molar-refractivity contribution in [3.05, 3.63) is 58.9 Å². The molecule has 0 amide bonds. The lowest BCUT2D eigenvalue weighted by atomic mass is 9.96. The molecule has 0 atom stereocenters. The van der Waals surface area contributed by atoms with E-state index in [-0.39, 0.29) is 5.82 Å². The Labute approximate surface area is 118 Å². The van der Waals surface area contributed by atoms with Gasteiger partial charge in [-0.3, -0.25) is 0 Å². The lowest BCUT2D eigenvalue weighted by Gasteiger charge is -2.11. The van der Waals surface area contributed by atoms with Gasteiger partial charge in [0.2, 0.25) is 0 Å². The fraction of sp³-hybridized carbons (Fsp3) is 0.294.